The molecule has 0 saturated heterocycles. The number of methoxy groups -OCH3 is 3. The molecule has 0 atom stereocenters. The normalized spacial score (nSPS) is 10.7. The molecule has 4 aromatic carbocycles. The minimum absolute atomic E-state index is 0.589. The Morgan fingerprint density at radius 2 is 0.857 bits per heavy atom. The van der Waals surface area contributed by atoms with Gasteiger partial charge in [0, 0.05) is 26.8 Å². The average molecular weight is 592 g/mol. The number of rotatable bonds is 7. The second-order valence-electron chi connectivity index (χ2n) is 7.82. The first-order valence-electron chi connectivity index (χ1n) is 11.0. The van der Waals surface area contributed by atoms with Crippen molar-refractivity contribution >= 4 is 30.1 Å². The van der Waals surface area contributed by atoms with Gasteiger partial charge in [0.1, 0.15) is 17.2 Å². The molecule has 0 amide bonds. The van der Waals surface area contributed by atoms with Gasteiger partial charge < -0.3 is 14.2 Å². The number of benzene rings is 4. The summed E-state index contributed by atoms with van der Waals surface area (Å²) in [5, 5.41) is 3.07. The SMILES string of the molecule is COc1ccc(C(c2ccc(C#CSI)cc2)(c2ccc(OC)cc2)c2ccc(OC)cc2)cc1. The van der Waals surface area contributed by atoms with Crippen LogP contribution in [0.2, 0.25) is 0 Å². The molecular weight excluding hydrogens is 567 g/mol. The van der Waals surface area contributed by atoms with E-state index in [1.54, 1.807) is 21.3 Å². The topological polar surface area (TPSA) is 27.7 Å². The zero-order valence-corrected chi connectivity index (χ0v) is 22.7. The highest BCUT2D eigenvalue weighted by Gasteiger charge is 2.38. The third-order valence-electron chi connectivity index (χ3n) is 6.12. The minimum Gasteiger partial charge on any atom is -0.497 e. The van der Waals surface area contributed by atoms with Crippen LogP contribution in [0.25, 0.3) is 0 Å². The third-order valence-corrected chi connectivity index (χ3v) is 6.96. The molecule has 35 heavy (non-hydrogen) atoms. The number of ether oxygens (including phenoxy) is 3. The molecular formula is C30H25IO3S. The molecule has 0 aliphatic rings. The minimum atomic E-state index is -0.589. The summed E-state index contributed by atoms with van der Waals surface area (Å²) in [7, 11) is 6.53. The standard InChI is InChI=1S/C30H25IO3S/c1-32-27-14-8-24(9-15-27)30(25-10-16-28(33-2)17-11-25,26-12-18-29(34-3)19-13-26)23-6-4-22(5-7-23)20-21-35-31/h4-19H,1-3H3. The summed E-state index contributed by atoms with van der Waals surface area (Å²) in [5.74, 6) is 5.64. The van der Waals surface area contributed by atoms with Crippen LogP contribution in [0, 0.1) is 11.2 Å². The van der Waals surface area contributed by atoms with Crippen molar-refractivity contribution in [1.29, 1.82) is 0 Å². The van der Waals surface area contributed by atoms with Gasteiger partial charge in [0.2, 0.25) is 0 Å². The van der Waals surface area contributed by atoms with Crippen LogP contribution in [0.4, 0.5) is 0 Å². The Bertz CT molecular complexity index is 1190. The molecule has 0 fully saturated rings. The Morgan fingerprint density at radius 3 is 1.14 bits per heavy atom. The van der Waals surface area contributed by atoms with Crippen LogP contribution in [0.5, 0.6) is 17.2 Å². The molecule has 0 spiro atoms. The fraction of sp³-hybridized carbons (Fsp3) is 0.133. The first-order chi connectivity index (χ1) is 17.1. The van der Waals surface area contributed by atoms with Crippen molar-refractivity contribution in [1.82, 2.24) is 0 Å². The van der Waals surface area contributed by atoms with Gasteiger partial charge in [-0.3, -0.25) is 0 Å². The highest BCUT2D eigenvalue weighted by atomic mass is 127. The van der Waals surface area contributed by atoms with Gasteiger partial charge in [-0.25, -0.2) is 0 Å². The van der Waals surface area contributed by atoms with E-state index < -0.39 is 5.41 Å². The molecule has 0 N–H and O–H groups in total. The summed E-state index contributed by atoms with van der Waals surface area (Å²) in [6.45, 7) is 0. The van der Waals surface area contributed by atoms with E-state index in [-0.39, 0.29) is 0 Å². The van der Waals surface area contributed by atoms with Crippen LogP contribution in [-0.4, -0.2) is 21.3 Å². The van der Waals surface area contributed by atoms with Gasteiger partial charge in [-0.15, -0.1) is 0 Å². The molecule has 176 valence electrons. The Morgan fingerprint density at radius 1 is 0.543 bits per heavy atom. The largest absolute Gasteiger partial charge is 0.497 e. The summed E-state index contributed by atoms with van der Waals surface area (Å²) in [6.07, 6.45) is 0. The van der Waals surface area contributed by atoms with E-state index in [0.717, 1.165) is 45.1 Å². The fourth-order valence-electron chi connectivity index (χ4n) is 4.40. The van der Waals surface area contributed by atoms with Crippen molar-refractivity contribution in [3.63, 3.8) is 0 Å². The highest BCUT2D eigenvalue weighted by Crippen LogP contribution is 2.46. The monoisotopic (exact) mass is 592 g/mol. The molecule has 4 rings (SSSR count). The first kappa shape index (κ1) is 25.0. The number of hydrogen-bond acceptors (Lipinski definition) is 4. The van der Waals surface area contributed by atoms with Gasteiger partial charge in [0.15, 0.2) is 0 Å². The summed E-state index contributed by atoms with van der Waals surface area (Å²) < 4.78 is 16.4. The number of hydrogen-bond donors (Lipinski definition) is 0. The van der Waals surface area contributed by atoms with E-state index in [1.807, 2.05) is 36.4 Å². The molecule has 0 radical (unpaired) electrons. The van der Waals surface area contributed by atoms with E-state index in [2.05, 4.69) is 93.0 Å². The van der Waals surface area contributed by atoms with Gasteiger partial charge in [0.25, 0.3) is 0 Å². The van der Waals surface area contributed by atoms with Crippen molar-refractivity contribution < 1.29 is 14.2 Å². The summed E-state index contributed by atoms with van der Waals surface area (Å²) in [5.41, 5.74) is 4.88. The Kier molecular flexibility index (Phi) is 8.27. The lowest BCUT2D eigenvalue weighted by atomic mass is 9.65. The zero-order chi connectivity index (χ0) is 24.7. The van der Waals surface area contributed by atoms with Crippen molar-refractivity contribution in [2.24, 2.45) is 0 Å². The average Bonchev–Trinajstić information content (AvgIpc) is 2.94. The van der Waals surface area contributed by atoms with Crippen LogP contribution < -0.4 is 14.2 Å². The predicted octanol–water partition coefficient (Wildman–Crippen LogP) is 7.49. The molecule has 3 nitrogen and oxygen atoms in total. The van der Waals surface area contributed by atoms with Crippen LogP contribution in [-0.2, 0) is 5.41 Å². The maximum Gasteiger partial charge on any atom is 0.118 e. The van der Waals surface area contributed by atoms with Gasteiger partial charge in [-0.05, 0) is 85.0 Å². The van der Waals surface area contributed by atoms with Gasteiger partial charge in [0.05, 0.1) is 26.7 Å². The van der Waals surface area contributed by atoms with Gasteiger partial charge in [-0.2, -0.15) is 0 Å². The zero-order valence-electron chi connectivity index (χ0n) is 19.7. The summed E-state index contributed by atoms with van der Waals surface area (Å²) in [4.78, 5) is 0. The molecule has 0 unspecified atom stereocenters. The maximum absolute atomic E-state index is 5.46. The second-order valence-corrected chi connectivity index (χ2v) is 9.50. The smallest absolute Gasteiger partial charge is 0.118 e. The van der Waals surface area contributed by atoms with Crippen molar-refractivity contribution in [3.8, 4) is 28.4 Å². The Labute approximate surface area is 223 Å². The van der Waals surface area contributed by atoms with Crippen LogP contribution in [0.3, 0.4) is 0 Å². The number of halogens is 1. The fourth-order valence-corrected chi connectivity index (χ4v) is 4.89. The first-order valence-corrected chi connectivity index (χ1v) is 14.3. The molecule has 0 heterocycles. The van der Waals surface area contributed by atoms with E-state index in [0.29, 0.717) is 0 Å². The van der Waals surface area contributed by atoms with E-state index in [9.17, 15) is 0 Å². The molecule has 0 bridgehead atoms. The molecule has 0 aliphatic heterocycles. The Hall–Kier alpha value is -3.08. The Balaban J connectivity index is 2.03. The summed E-state index contributed by atoms with van der Waals surface area (Å²) in [6, 6.07) is 33.3. The van der Waals surface area contributed by atoms with E-state index in [1.165, 1.54) is 8.93 Å². The second kappa shape index (κ2) is 11.6. The third kappa shape index (κ3) is 5.14. The lowest BCUT2D eigenvalue weighted by molar-refractivity contribution is 0.414. The molecule has 0 saturated carbocycles. The highest BCUT2D eigenvalue weighted by molar-refractivity contribution is 14.2. The predicted molar refractivity (Wildman–Crippen MR) is 153 cm³/mol. The molecule has 4 aromatic rings. The quantitative estimate of drug-likeness (QED) is 0.126. The van der Waals surface area contributed by atoms with Crippen molar-refractivity contribution in [2.75, 3.05) is 21.3 Å². The molecule has 0 aromatic heterocycles. The van der Waals surface area contributed by atoms with Crippen LogP contribution >= 0.6 is 30.1 Å². The van der Waals surface area contributed by atoms with Crippen LogP contribution in [0.1, 0.15) is 27.8 Å². The van der Waals surface area contributed by atoms with E-state index >= 15 is 0 Å². The van der Waals surface area contributed by atoms with Crippen molar-refractivity contribution in [2.45, 2.75) is 5.41 Å². The van der Waals surface area contributed by atoms with E-state index in [4.69, 9.17) is 14.2 Å². The van der Waals surface area contributed by atoms with Gasteiger partial charge in [-0.1, -0.05) is 54.5 Å². The molecule has 0 aliphatic carbocycles. The molecule has 5 heteroatoms. The van der Waals surface area contributed by atoms with Crippen molar-refractivity contribution in [3.05, 3.63) is 125 Å². The van der Waals surface area contributed by atoms with Crippen LogP contribution in [0.15, 0.2) is 97.1 Å². The van der Waals surface area contributed by atoms with Gasteiger partial charge >= 0.3 is 0 Å². The lowest BCUT2D eigenvalue weighted by Crippen LogP contribution is -2.31. The maximum atomic E-state index is 5.46. The lowest BCUT2D eigenvalue weighted by Gasteiger charge is -2.37. The summed E-state index contributed by atoms with van der Waals surface area (Å²) >= 11 is 2.19.